The molecule has 0 fully saturated rings. The van der Waals surface area contributed by atoms with E-state index in [1.54, 1.807) is 0 Å². The van der Waals surface area contributed by atoms with Crippen LogP contribution in [0.5, 0.6) is 0 Å². The van der Waals surface area contributed by atoms with E-state index in [0.717, 1.165) is 12.7 Å². The minimum Gasteiger partial charge on any atom is -0.373 e. The van der Waals surface area contributed by atoms with Gasteiger partial charge in [-0.1, -0.05) is 6.92 Å². The van der Waals surface area contributed by atoms with Gasteiger partial charge in [-0.2, -0.15) is 8.42 Å². The number of hydrogen-bond donors (Lipinski definition) is 0. The second-order valence-electron chi connectivity index (χ2n) is 3.20. The van der Waals surface area contributed by atoms with Gasteiger partial charge in [-0.3, -0.25) is 4.18 Å². The topological polar surface area (TPSA) is 52.6 Å². The molecule has 5 heteroatoms. The Hall–Kier alpha value is -0.130. The highest BCUT2D eigenvalue weighted by atomic mass is 32.2. The molecular weight excluding hydrogens is 192 g/mol. The van der Waals surface area contributed by atoms with Gasteiger partial charge >= 0.3 is 0 Å². The summed E-state index contributed by atoms with van der Waals surface area (Å²) in [6.07, 6.45) is 1.73. The predicted octanol–water partition coefficient (Wildman–Crippen LogP) is 1.17. The first-order chi connectivity index (χ1) is 5.85. The lowest BCUT2D eigenvalue weighted by Gasteiger charge is -2.17. The van der Waals surface area contributed by atoms with E-state index >= 15 is 0 Å². The van der Waals surface area contributed by atoms with Crippen molar-refractivity contribution < 1.29 is 17.3 Å². The van der Waals surface area contributed by atoms with Crippen LogP contribution in [0.1, 0.15) is 27.2 Å². The summed E-state index contributed by atoms with van der Waals surface area (Å²) in [5, 5.41) is 0. The van der Waals surface area contributed by atoms with Crippen LogP contribution in [0.3, 0.4) is 0 Å². The third kappa shape index (κ3) is 8.21. The summed E-state index contributed by atoms with van der Waals surface area (Å²) in [5.74, 6) is 0. The molecule has 0 bridgehead atoms. The molecule has 1 atom stereocenters. The van der Waals surface area contributed by atoms with Gasteiger partial charge in [0.25, 0.3) is 10.1 Å². The Bertz CT molecular complexity index is 220. The van der Waals surface area contributed by atoms with Crippen LogP contribution in [0.25, 0.3) is 0 Å². The van der Waals surface area contributed by atoms with Gasteiger partial charge in [0.05, 0.1) is 25.1 Å². The first-order valence-electron chi connectivity index (χ1n) is 4.35. The second-order valence-corrected chi connectivity index (χ2v) is 4.85. The van der Waals surface area contributed by atoms with Gasteiger partial charge in [-0.05, 0) is 20.3 Å². The largest absolute Gasteiger partial charge is 0.373 e. The summed E-state index contributed by atoms with van der Waals surface area (Å²) >= 11 is 0. The molecule has 0 amide bonds. The Balaban J connectivity index is 3.86. The molecule has 0 saturated carbocycles. The molecule has 0 N–H and O–H groups in total. The van der Waals surface area contributed by atoms with Gasteiger partial charge in [-0.25, -0.2) is 0 Å². The molecule has 0 saturated heterocycles. The molecule has 0 aliphatic rings. The molecule has 80 valence electrons. The van der Waals surface area contributed by atoms with Gasteiger partial charge in [0.15, 0.2) is 0 Å². The second kappa shape index (κ2) is 5.57. The molecule has 0 aromatic carbocycles. The van der Waals surface area contributed by atoms with Crippen molar-refractivity contribution in [2.24, 2.45) is 0 Å². The summed E-state index contributed by atoms with van der Waals surface area (Å²) in [6, 6.07) is 0. The number of ether oxygens (including phenoxy) is 1. The zero-order valence-electron chi connectivity index (χ0n) is 8.61. The monoisotopic (exact) mass is 210 g/mol. The molecule has 13 heavy (non-hydrogen) atoms. The Kier molecular flexibility index (Phi) is 5.51. The van der Waals surface area contributed by atoms with E-state index in [4.69, 9.17) is 4.74 Å². The van der Waals surface area contributed by atoms with E-state index < -0.39 is 10.1 Å². The van der Waals surface area contributed by atoms with Crippen molar-refractivity contribution in [3.05, 3.63) is 0 Å². The lowest BCUT2D eigenvalue weighted by Crippen LogP contribution is -2.24. The van der Waals surface area contributed by atoms with Crippen LogP contribution in [0.15, 0.2) is 0 Å². The van der Waals surface area contributed by atoms with E-state index in [1.165, 1.54) is 0 Å². The first kappa shape index (κ1) is 12.9. The van der Waals surface area contributed by atoms with Gasteiger partial charge in [0.2, 0.25) is 0 Å². The van der Waals surface area contributed by atoms with Crippen molar-refractivity contribution in [2.75, 3.05) is 12.9 Å². The summed E-state index contributed by atoms with van der Waals surface area (Å²) < 4.78 is 31.4. The minimum absolute atomic E-state index is 0.0908. The number of hydrogen-bond acceptors (Lipinski definition) is 4. The fourth-order valence-corrected chi connectivity index (χ4v) is 1.24. The average molecular weight is 210 g/mol. The summed E-state index contributed by atoms with van der Waals surface area (Å²) in [4.78, 5) is 0. The van der Waals surface area contributed by atoms with Crippen LogP contribution in [0, 0.1) is 0 Å². The highest BCUT2D eigenvalue weighted by molar-refractivity contribution is 7.85. The Morgan fingerprint density at radius 1 is 1.31 bits per heavy atom. The zero-order valence-corrected chi connectivity index (χ0v) is 9.43. The lowest BCUT2D eigenvalue weighted by molar-refractivity contribution is -0.0174. The maximum Gasteiger partial charge on any atom is 0.264 e. The quantitative estimate of drug-likeness (QED) is 0.617. The van der Waals surface area contributed by atoms with Crippen LogP contribution in [0.4, 0.5) is 0 Å². The van der Waals surface area contributed by atoms with Crippen molar-refractivity contribution in [3.63, 3.8) is 0 Å². The first-order valence-corrected chi connectivity index (χ1v) is 6.16. The van der Waals surface area contributed by atoms with Crippen LogP contribution in [0.2, 0.25) is 0 Å². The fourth-order valence-electron chi connectivity index (χ4n) is 0.838. The molecule has 4 nitrogen and oxygen atoms in total. The van der Waals surface area contributed by atoms with Crippen LogP contribution in [-0.4, -0.2) is 33.5 Å². The lowest BCUT2D eigenvalue weighted by atomic mass is 10.3. The SMILES string of the molecule is CCC(COS(C)(=O)=O)OC(C)C. The van der Waals surface area contributed by atoms with Gasteiger partial charge in [0, 0.05) is 0 Å². The molecule has 0 aromatic heterocycles. The van der Waals surface area contributed by atoms with Gasteiger partial charge in [-0.15, -0.1) is 0 Å². The maximum absolute atomic E-state index is 10.7. The Morgan fingerprint density at radius 3 is 2.15 bits per heavy atom. The van der Waals surface area contributed by atoms with E-state index in [-0.39, 0.29) is 18.8 Å². The molecule has 0 spiro atoms. The smallest absolute Gasteiger partial charge is 0.264 e. The van der Waals surface area contributed by atoms with Crippen molar-refractivity contribution >= 4 is 10.1 Å². The summed E-state index contributed by atoms with van der Waals surface area (Å²) in [5.41, 5.74) is 0. The molecule has 1 unspecified atom stereocenters. The molecule has 0 aromatic rings. The van der Waals surface area contributed by atoms with E-state index in [9.17, 15) is 8.42 Å². The van der Waals surface area contributed by atoms with E-state index in [2.05, 4.69) is 4.18 Å². The molecular formula is C8H18O4S. The van der Waals surface area contributed by atoms with Gasteiger partial charge < -0.3 is 4.74 Å². The predicted molar refractivity (Wildman–Crippen MR) is 51.1 cm³/mol. The summed E-state index contributed by atoms with van der Waals surface area (Å²) in [7, 11) is -3.35. The maximum atomic E-state index is 10.7. The fraction of sp³-hybridized carbons (Fsp3) is 1.00. The molecule has 0 aliphatic heterocycles. The summed E-state index contributed by atoms with van der Waals surface area (Å²) in [6.45, 7) is 5.85. The third-order valence-corrected chi connectivity index (χ3v) is 1.95. The highest BCUT2D eigenvalue weighted by Crippen LogP contribution is 2.04. The van der Waals surface area contributed by atoms with Crippen molar-refractivity contribution in [1.82, 2.24) is 0 Å². The van der Waals surface area contributed by atoms with Crippen molar-refractivity contribution in [2.45, 2.75) is 39.4 Å². The third-order valence-electron chi connectivity index (χ3n) is 1.39. The molecule has 0 aliphatic carbocycles. The molecule has 0 heterocycles. The van der Waals surface area contributed by atoms with Crippen molar-refractivity contribution in [1.29, 1.82) is 0 Å². The molecule has 0 rings (SSSR count). The highest BCUT2D eigenvalue weighted by Gasteiger charge is 2.12. The zero-order chi connectivity index (χ0) is 10.5. The van der Waals surface area contributed by atoms with Crippen LogP contribution < -0.4 is 0 Å². The van der Waals surface area contributed by atoms with E-state index in [1.807, 2.05) is 20.8 Å². The van der Waals surface area contributed by atoms with Crippen LogP contribution >= 0.6 is 0 Å². The van der Waals surface area contributed by atoms with Gasteiger partial charge in [0.1, 0.15) is 0 Å². The van der Waals surface area contributed by atoms with E-state index in [0.29, 0.717) is 0 Å². The minimum atomic E-state index is -3.35. The Labute approximate surface area is 80.4 Å². The van der Waals surface area contributed by atoms with Crippen LogP contribution in [-0.2, 0) is 19.0 Å². The molecule has 0 radical (unpaired) electrons. The number of rotatable bonds is 6. The van der Waals surface area contributed by atoms with Crippen molar-refractivity contribution in [3.8, 4) is 0 Å². The normalized spacial score (nSPS) is 14.8. The Morgan fingerprint density at radius 2 is 1.85 bits per heavy atom. The average Bonchev–Trinajstić information content (AvgIpc) is 1.95. The standard InChI is InChI=1S/C8H18O4S/c1-5-8(12-7(2)3)6-11-13(4,9)10/h7-8H,5-6H2,1-4H3.